The van der Waals surface area contributed by atoms with Gasteiger partial charge in [0.2, 0.25) is 5.60 Å². The first-order valence-corrected chi connectivity index (χ1v) is 11.5. The van der Waals surface area contributed by atoms with E-state index in [1.807, 2.05) is 0 Å². The Kier molecular flexibility index (Phi) is 5.61. The van der Waals surface area contributed by atoms with Crippen LogP contribution in [0.4, 0.5) is 0 Å². The molecular formula is C26H31NO7. The van der Waals surface area contributed by atoms with Crippen LogP contribution in [0.25, 0.3) is 0 Å². The normalized spacial score (nSPS) is 26.9. The van der Waals surface area contributed by atoms with E-state index in [1.54, 1.807) is 36.4 Å². The number of hydrogen-bond acceptors (Lipinski definition) is 8. The van der Waals surface area contributed by atoms with Crippen molar-refractivity contribution in [3.8, 4) is 23.0 Å². The SMILES string of the molecule is COc1ccc(C(O)(C(=O)OC2CC3N[C@@H]4CC[C@@]34C2)c2ccc(OC)c(OC)c2)cc1OC. The fourth-order valence-electron chi connectivity index (χ4n) is 5.95. The third kappa shape index (κ3) is 3.23. The molecule has 182 valence electrons. The van der Waals surface area contributed by atoms with Crippen LogP contribution in [-0.4, -0.2) is 57.7 Å². The zero-order valence-corrected chi connectivity index (χ0v) is 19.9. The van der Waals surface area contributed by atoms with Crippen LogP contribution in [0, 0.1) is 5.41 Å². The molecule has 4 atom stereocenters. The molecule has 34 heavy (non-hydrogen) atoms. The lowest BCUT2D eigenvalue weighted by atomic mass is 9.55. The first-order chi connectivity index (χ1) is 16.4. The first-order valence-electron chi connectivity index (χ1n) is 11.5. The maximum Gasteiger partial charge on any atom is 0.347 e. The van der Waals surface area contributed by atoms with Crippen LogP contribution < -0.4 is 24.3 Å². The van der Waals surface area contributed by atoms with Crippen molar-refractivity contribution in [2.24, 2.45) is 5.41 Å². The monoisotopic (exact) mass is 469 g/mol. The number of benzene rings is 2. The van der Waals surface area contributed by atoms with Gasteiger partial charge in [-0.3, -0.25) is 0 Å². The Morgan fingerprint density at radius 1 is 0.912 bits per heavy atom. The molecule has 0 radical (unpaired) electrons. The van der Waals surface area contributed by atoms with Crippen molar-refractivity contribution in [3.63, 3.8) is 0 Å². The van der Waals surface area contributed by atoms with Crippen LogP contribution in [0.15, 0.2) is 36.4 Å². The van der Waals surface area contributed by atoms with Crippen molar-refractivity contribution in [1.29, 1.82) is 0 Å². The summed E-state index contributed by atoms with van der Waals surface area (Å²) >= 11 is 0. The predicted molar refractivity (Wildman–Crippen MR) is 124 cm³/mol. The molecule has 2 aromatic rings. The summed E-state index contributed by atoms with van der Waals surface area (Å²) in [5.74, 6) is 1.04. The molecule has 3 aliphatic rings. The van der Waals surface area contributed by atoms with E-state index in [4.69, 9.17) is 23.7 Å². The first kappa shape index (κ1) is 22.8. The highest BCUT2D eigenvalue weighted by molar-refractivity contribution is 5.86. The van der Waals surface area contributed by atoms with Gasteiger partial charge in [0.15, 0.2) is 23.0 Å². The minimum atomic E-state index is -2.09. The summed E-state index contributed by atoms with van der Waals surface area (Å²) in [6.07, 6.45) is 3.69. The Bertz CT molecular complexity index is 1050. The molecule has 3 fully saturated rings. The number of hydrogen-bond donors (Lipinski definition) is 2. The Labute approximate surface area is 199 Å². The number of methoxy groups -OCH3 is 4. The smallest absolute Gasteiger partial charge is 0.347 e. The van der Waals surface area contributed by atoms with Gasteiger partial charge in [0.25, 0.3) is 0 Å². The van der Waals surface area contributed by atoms with Crippen molar-refractivity contribution in [2.45, 2.75) is 49.5 Å². The molecule has 1 aliphatic heterocycles. The fraction of sp³-hybridized carbons (Fsp3) is 0.500. The van der Waals surface area contributed by atoms with Gasteiger partial charge in [-0.2, -0.15) is 0 Å². The Hall–Kier alpha value is -2.97. The second kappa shape index (κ2) is 8.36. The van der Waals surface area contributed by atoms with E-state index in [0.29, 0.717) is 46.2 Å². The predicted octanol–water partition coefficient (Wildman–Crippen LogP) is 2.78. The average molecular weight is 470 g/mol. The van der Waals surface area contributed by atoms with E-state index < -0.39 is 11.6 Å². The molecule has 5 rings (SSSR count). The van der Waals surface area contributed by atoms with Gasteiger partial charge in [-0.25, -0.2) is 4.79 Å². The molecule has 8 nitrogen and oxygen atoms in total. The molecule has 2 N–H and O–H groups in total. The minimum Gasteiger partial charge on any atom is -0.493 e. The second-order valence-corrected chi connectivity index (χ2v) is 9.36. The summed E-state index contributed by atoms with van der Waals surface area (Å²) in [4.78, 5) is 13.7. The number of carbonyl (C=O) groups is 1. The number of esters is 1. The summed E-state index contributed by atoms with van der Waals surface area (Å²) in [5.41, 5.74) is -1.22. The summed E-state index contributed by atoms with van der Waals surface area (Å²) in [6, 6.07) is 10.7. The highest BCUT2D eigenvalue weighted by Crippen LogP contribution is 2.60. The highest BCUT2D eigenvalue weighted by Gasteiger charge is 2.65. The van der Waals surface area contributed by atoms with Gasteiger partial charge in [-0.1, -0.05) is 12.1 Å². The van der Waals surface area contributed by atoms with Crippen molar-refractivity contribution in [1.82, 2.24) is 5.32 Å². The zero-order valence-electron chi connectivity index (χ0n) is 19.9. The summed E-state index contributed by atoms with van der Waals surface area (Å²) in [5, 5.41) is 15.6. The summed E-state index contributed by atoms with van der Waals surface area (Å²) < 4.78 is 27.5. The maximum absolute atomic E-state index is 13.7. The van der Waals surface area contributed by atoms with E-state index in [1.165, 1.54) is 41.3 Å². The molecule has 2 aromatic carbocycles. The van der Waals surface area contributed by atoms with E-state index in [2.05, 4.69) is 5.32 Å². The molecule has 1 heterocycles. The van der Waals surface area contributed by atoms with Crippen LogP contribution in [-0.2, 0) is 15.1 Å². The van der Waals surface area contributed by atoms with Crippen LogP contribution in [0.1, 0.15) is 36.8 Å². The van der Waals surface area contributed by atoms with Crippen LogP contribution >= 0.6 is 0 Å². The Morgan fingerprint density at radius 2 is 1.47 bits per heavy atom. The number of piperidine rings is 1. The lowest BCUT2D eigenvalue weighted by molar-refractivity contribution is -0.168. The van der Waals surface area contributed by atoms with Crippen molar-refractivity contribution >= 4 is 5.97 Å². The number of rotatable bonds is 8. The van der Waals surface area contributed by atoms with Crippen molar-refractivity contribution in [2.75, 3.05) is 28.4 Å². The van der Waals surface area contributed by atoms with Gasteiger partial charge in [0.05, 0.1) is 28.4 Å². The van der Waals surface area contributed by atoms with E-state index in [9.17, 15) is 9.90 Å². The zero-order chi connectivity index (χ0) is 24.1. The minimum absolute atomic E-state index is 0.248. The van der Waals surface area contributed by atoms with Gasteiger partial charge in [0, 0.05) is 35.0 Å². The molecule has 0 aromatic heterocycles. The van der Waals surface area contributed by atoms with Crippen molar-refractivity contribution < 1.29 is 33.6 Å². The van der Waals surface area contributed by atoms with Gasteiger partial charge in [0.1, 0.15) is 6.10 Å². The number of aliphatic hydroxyl groups is 1. The molecule has 8 heteroatoms. The Morgan fingerprint density at radius 3 is 1.88 bits per heavy atom. The van der Waals surface area contributed by atoms with Gasteiger partial charge < -0.3 is 34.1 Å². The topological polar surface area (TPSA) is 95.5 Å². The molecular weight excluding hydrogens is 438 g/mol. The maximum atomic E-state index is 13.7. The molecule has 2 aliphatic carbocycles. The highest BCUT2D eigenvalue weighted by atomic mass is 16.6. The summed E-state index contributed by atoms with van der Waals surface area (Å²) in [7, 11) is 6.07. The lowest BCUT2D eigenvalue weighted by Crippen LogP contribution is -2.73. The third-order valence-corrected chi connectivity index (χ3v) is 7.97. The second-order valence-electron chi connectivity index (χ2n) is 9.36. The largest absolute Gasteiger partial charge is 0.493 e. The third-order valence-electron chi connectivity index (χ3n) is 7.97. The average Bonchev–Trinajstić information content (AvgIpc) is 3.21. The van der Waals surface area contributed by atoms with Gasteiger partial charge in [-0.15, -0.1) is 0 Å². The molecule has 0 amide bonds. The summed E-state index contributed by atoms with van der Waals surface area (Å²) in [6.45, 7) is 0. The molecule has 2 saturated carbocycles. The van der Waals surface area contributed by atoms with E-state index >= 15 is 0 Å². The van der Waals surface area contributed by atoms with E-state index in [0.717, 1.165) is 12.8 Å². The van der Waals surface area contributed by atoms with Crippen molar-refractivity contribution in [3.05, 3.63) is 47.5 Å². The number of carbonyl (C=O) groups excluding carboxylic acids is 1. The van der Waals surface area contributed by atoms with Gasteiger partial charge in [-0.05, 0) is 43.5 Å². The van der Waals surface area contributed by atoms with E-state index in [-0.39, 0.29) is 11.5 Å². The van der Waals surface area contributed by atoms with Gasteiger partial charge >= 0.3 is 5.97 Å². The lowest BCUT2D eigenvalue weighted by Gasteiger charge is -2.61. The Balaban J connectivity index is 1.52. The van der Waals surface area contributed by atoms with Crippen LogP contribution in [0.3, 0.4) is 0 Å². The number of nitrogens with one attached hydrogen (secondary N) is 1. The quantitative estimate of drug-likeness (QED) is 0.570. The molecule has 0 bridgehead atoms. The van der Waals surface area contributed by atoms with Crippen LogP contribution in [0.2, 0.25) is 0 Å². The molecule has 1 saturated heterocycles. The van der Waals surface area contributed by atoms with Crippen LogP contribution in [0.5, 0.6) is 23.0 Å². The number of ether oxygens (including phenoxy) is 5. The fourth-order valence-corrected chi connectivity index (χ4v) is 5.95. The standard InChI is InChI=1S/C26H31NO7/c1-30-18-7-5-15(11-20(18)32-3)26(29,16-6-8-19(31-2)21(12-16)33-4)24(28)34-17-13-23-25(14-17)10-9-22(25)27-23/h5-8,11-12,17,22-23,27,29H,9-10,13-14H2,1-4H3/t17?,22-,23?,25+/m1/s1. The molecule has 2 unspecified atom stereocenters. The molecule has 1 spiro atoms.